The predicted molar refractivity (Wildman–Crippen MR) is 191 cm³/mol. The Hall–Kier alpha value is -5.51. The van der Waals surface area contributed by atoms with Gasteiger partial charge in [-0.2, -0.15) is 0 Å². The van der Waals surface area contributed by atoms with E-state index in [1.165, 1.54) is 6.92 Å². The zero-order valence-electron chi connectivity index (χ0n) is 28.0. The maximum atomic E-state index is 14.4. The van der Waals surface area contributed by atoms with Crippen molar-refractivity contribution in [2.45, 2.75) is 66.0 Å². The normalized spacial score (nSPS) is 11.1. The summed E-state index contributed by atoms with van der Waals surface area (Å²) in [5.41, 5.74) is 5.07. The van der Waals surface area contributed by atoms with E-state index < -0.39 is 11.6 Å². The molecular weight excluding hydrogens is 604 g/mol. The largest absolute Gasteiger partial charge is 0.489 e. The number of hydrogen-bond acceptors (Lipinski definition) is 6. The minimum atomic E-state index is -0.527. The number of fused-ring (bicyclic) bond motifs is 1. The topological polar surface area (TPSA) is 127 Å². The number of hydrogen-bond donors (Lipinski definition) is 3. The average molecular weight is 647 g/mol. The molecule has 0 radical (unpaired) electrons. The molecular formula is C38H42N6O4. The number of rotatable bonds is 12. The highest BCUT2D eigenvalue weighted by molar-refractivity contribution is 6.07. The molecule has 10 nitrogen and oxygen atoms in total. The van der Waals surface area contributed by atoms with Gasteiger partial charge in [0.2, 0.25) is 5.91 Å². The number of para-hydroxylation sites is 1. The highest BCUT2D eigenvalue weighted by Crippen LogP contribution is 2.36. The molecule has 0 fully saturated rings. The highest BCUT2D eigenvalue weighted by Gasteiger charge is 2.23. The maximum Gasteiger partial charge on any atom is 0.323 e. The summed E-state index contributed by atoms with van der Waals surface area (Å²) in [5.74, 6) is 0.775. The van der Waals surface area contributed by atoms with Gasteiger partial charge in [-0.25, -0.2) is 9.78 Å². The van der Waals surface area contributed by atoms with Gasteiger partial charge in [0.1, 0.15) is 23.7 Å². The summed E-state index contributed by atoms with van der Waals surface area (Å²) in [6.07, 6.45) is 5.59. The Bertz CT molecular complexity index is 1940. The number of ether oxygens (including phenoxy) is 1. The SMILES string of the molecule is CC(=O)NCCCn1c(=O)c(NC(=O)Nc2c(C(C)C)cccc2C(C)C)c(-c2cccc(OCc3cccnc3)c2)c2cccnc21. The Kier molecular flexibility index (Phi) is 10.8. The molecule has 0 atom stereocenters. The molecule has 0 unspecified atom stereocenters. The lowest BCUT2D eigenvalue weighted by Gasteiger charge is -2.22. The molecule has 0 saturated heterocycles. The van der Waals surface area contributed by atoms with E-state index in [1.807, 2.05) is 60.7 Å². The smallest absolute Gasteiger partial charge is 0.323 e. The minimum absolute atomic E-state index is 0.116. The average Bonchev–Trinajstić information content (AvgIpc) is 3.07. The van der Waals surface area contributed by atoms with E-state index in [0.717, 1.165) is 22.4 Å². The molecule has 0 aliphatic carbocycles. The van der Waals surface area contributed by atoms with Crippen molar-refractivity contribution < 1.29 is 14.3 Å². The van der Waals surface area contributed by atoms with Crippen LogP contribution in [0.5, 0.6) is 5.75 Å². The van der Waals surface area contributed by atoms with Gasteiger partial charge in [0.25, 0.3) is 5.56 Å². The van der Waals surface area contributed by atoms with Crippen molar-refractivity contribution in [1.29, 1.82) is 0 Å². The van der Waals surface area contributed by atoms with Crippen LogP contribution in [-0.4, -0.2) is 33.0 Å². The Morgan fingerprint density at radius 1 is 0.875 bits per heavy atom. The molecule has 248 valence electrons. The van der Waals surface area contributed by atoms with Crippen LogP contribution in [0, 0.1) is 0 Å². The summed E-state index contributed by atoms with van der Waals surface area (Å²) in [6, 6.07) is 20.4. The third-order valence-electron chi connectivity index (χ3n) is 8.05. The van der Waals surface area contributed by atoms with Crippen molar-refractivity contribution in [2.24, 2.45) is 0 Å². The summed E-state index contributed by atoms with van der Waals surface area (Å²) in [4.78, 5) is 48.6. The first-order chi connectivity index (χ1) is 23.1. The van der Waals surface area contributed by atoms with Crippen LogP contribution >= 0.6 is 0 Å². The van der Waals surface area contributed by atoms with Crippen LogP contribution in [0.1, 0.15) is 69.6 Å². The van der Waals surface area contributed by atoms with E-state index in [1.54, 1.807) is 29.2 Å². The molecule has 10 heteroatoms. The highest BCUT2D eigenvalue weighted by atomic mass is 16.5. The molecule has 0 aliphatic heterocycles. The molecule has 5 rings (SSSR count). The second-order valence-electron chi connectivity index (χ2n) is 12.3. The molecule has 0 spiro atoms. The fourth-order valence-electron chi connectivity index (χ4n) is 5.75. The summed E-state index contributed by atoms with van der Waals surface area (Å²) < 4.78 is 7.66. The van der Waals surface area contributed by atoms with Crippen molar-refractivity contribution in [3.63, 3.8) is 0 Å². The molecule has 48 heavy (non-hydrogen) atoms. The van der Waals surface area contributed by atoms with Gasteiger partial charge in [0.05, 0.1) is 0 Å². The van der Waals surface area contributed by atoms with Crippen molar-refractivity contribution in [3.05, 3.63) is 112 Å². The molecule has 0 aliphatic rings. The number of carbonyl (C=O) groups excluding carboxylic acids is 2. The van der Waals surface area contributed by atoms with Crippen molar-refractivity contribution in [3.8, 4) is 16.9 Å². The Labute approximate surface area is 280 Å². The van der Waals surface area contributed by atoms with Gasteiger partial charge < -0.3 is 20.7 Å². The monoisotopic (exact) mass is 646 g/mol. The lowest BCUT2D eigenvalue weighted by Crippen LogP contribution is -2.31. The third kappa shape index (κ3) is 7.88. The van der Waals surface area contributed by atoms with Crippen LogP contribution in [0.15, 0.2) is 90.1 Å². The number of amides is 3. The summed E-state index contributed by atoms with van der Waals surface area (Å²) >= 11 is 0. The van der Waals surface area contributed by atoms with E-state index in [9.17, 15) is 14.4 Å². The van der Waals surface area contributed by atoms with Crippen LogP contribution in [0.2, 0.25) is 0 Å². The Morgan fingerprint density at radius 3 is 2.27 bits per heavy atom. The number of nitrogens with one attached hydrogen (secondary N) is 3. The first-order valence-electron chi connectivity index (χ1n) is 16.2. The van der Waals surface area contributed by atoms with Gasteiger partial charge in [-0.15, -0.1) is 0 Å². The minimum Gasteiger partial charge on any atom is -0.489 e. The molecule has 0 bridgehead atoms. The first-order valence-corrected chi connectivity index (χ1v) is 16.2. The number of aromatic nitrogens is 3. The van der Waals surface area contributed by atoms with Gasteiger partial charge in [-0.05, 0) is 65.3 Å². The number of pyridine rings is 3. The number of urea groups is 1. The standard InChI is InChI=1S/C38H42N6O4/c1-24(2)30-14-7-15-31(25(3)4)34(30)42-38(47)43-35-33(28-12-6-13-29(21-28)48-23-27-11-8-17-39-22-27)32-16-9-18-41-36(32)44(37(35)46)20-10-19-40-26(5)45/h6-9,11-18,21-22,24-25H,10,19-20,23H2,1-5H3,(H,40,45)(H2,42,43,47). The van der Waals surface area contributed by atoms with E-state index in [-0.39, 0.29) is 30.0 Å². The van der Waals surface area contributed by atoms with Crippen molar-refractivity contribution in [2.75, 3.05) is 17.2 Å². The lowest BCUT2D eigenvalue weighted by atomic mass is 9.93. The van der Waals surface area contributed by atoms with Gasteiger partial charge in [-0.3, -0.25) is 19.1 Å². The van der Waals surface area contributed by atoms with Crippen LogP contribution in [0.4, 0.5) is 16.2 Å². The van der Waals surface area contributed by atoms with Gasteiger partial charge in [0, 0.05) is 60.8 Å². The summed E-state index contributed by atoms with van der Waals surface area (Å²) in [5, 5.41) is 9.50. The fraction of sp³-hybridized carbons (Fsp3) is 0.289. The quantitative estimate of drug-likeness (QED) is 0.121. The molecule has 0 saturated carbocycles. The lowest BCUT2D eigenvalue weighted by molar-refractivity contribution is -0.118. The molecule has 3 N–H and O–H groups in total. The van der Waals surface area contributed by atoms with E-state index in [4.69, 9.17) is 4.74 Å². The molecule has 3 aromatic heterocycles. The van der Waals surface area contributed by atoms with Gasteiger partial charge in [0.15, 0.2) is 0 Å². The second-order valence-corrected chi connectivity index (χ2v) is 12.3. The number of benzene rings is 2. The van der Waals surface area contributed by atoms with Crippen LogP contribution in [-0.2, 0) is 17.9 Å². The van der Waals surface area contributed by atoms with Gasteiger partial charge in [-0.1, -0.05) is 64.1 Å². The predicted octanol–water partition coefficient (Wildman–Crippen LogP) is 7.45. The Morgan fingerprint density at radius 2 is 1.58 bits per heavy atom. The molecule has 2 aromatic carbocycles. The van der Waals surface area contributed by atoms with Gasteiger partial charge >= 0.3 is 6.03 Å². The molecule has 3 amide bonds. The number of aryl methyl sites for hydroxylation is 1. The number of anilines is 2. The maximum absolute atomic E-state index is 14.4. The van der Waals surface area contributed by atoms with E-state index in [0.29, 0.717) is 47.5 Å². The zero-order chi connectivity index (χ0) is 34.2. The fourth-order valence-corrected chi connectivity index (χ4v) is 5.75. The van der Waals surface area contributed by atoms with Crippen LogP contribution < -0.4 is 26.2 Å². The first kappa shape index (κ1) is 33.8. The van der Waals surface area contributed by atoms with Crippen molar-refractivity contribution >= 4 is 34.3 Å². The summed E-state index contributed by atoms with van der Waals surface area (Å²) in [7, 11) is 0. The van der Waals surface area contributed by atoms with E-state index >= 15 is 0 Å². The van der Waals surface area contributed by atoms with Crippen molar-refractivity contribution in [1.82, 2.24) is 19.9 Å². The second kappa shape index (κ2) is 15.4. The van der Waals surface area contributed by atoms with Crippen LogP contribution in [0.3, 0.4) is 0 Å². The summed E-state index contributed by atoms with van der Waals surface area (Å²) in [6.45, 7) is 10.8. The molecule has 5 aromatic rings. The number of nitrogens with zero attached hydrogens (tertiary/aromatic N) is 3. The van der Waals surface area contributed by atoms with Crippen LogP contribution in [0.25, 0.3) is 22.2 Å². The Balaban J connectivity index is 1.60. The van der Waals surface area contributed by atoms with E-state index in [2.05, 4.69) is 53.6 Å². The third-order valence-corrected chi connectivity index (χ3v) is 8.05. The zero-order valence-corrected chi connectivity index (χ0v) is 28.0. The number of carbonyl (C=O) groups is 2. The molecule has 3 heterocycles.